The summed E-state index contributed by atoms with van der Waals surface area (Å²) in [6.45, 7) is 2.36. The summed E-state index contributed by atoms with van der Waals surface area (Å²) >= 11 is 2.24. The Bertz CT molecular complexity index is 800. The van der Waals surface area contributed by atoms with E-state index in [1.165, 1.54) is 7.11 Å². The standard InChI is InChI=1S/C19H19IN2O3/c1-13-10-15(20)6-7-16(13)22-19(23)4-3-9-25-17-8-5-14(12-21)11-18(17)24-2/h5-8,10-11H,3-4,9H2,1-2H3,(H,22,23). The third-order valence-corrected chi connectivity index (χ3v) is 4.23. The Morgan fingerprint density at radius 2 is 2.04 bits per heavy atom. The number of halogens is 1. The number of nitriles is 1. The van der Waals surface area contributed by atoms with Gasteiger partial charge in [-0.15, -0.1) is 0 Å². The second kappa shape index (κ2) is 9.28. The van der Waals surface area contributed by atoms with Gasteiger partial charge in [0.2, 0.25) is 5.91 Å². The fourth-order valence-corrected chi connectivity index (χ4v) is 2.90. The van der Waals surface area contributed by atoms with E-state index in [1.54, 1.807) is 18.2 Å². The van der Waals surface area contributed by atoms with Gasteiger partial charge in [0.25, 0.3) is 0 Å². The van der Waals surface area contributed by atoms with Crippen molar-refractivity contribution in [1.82, 2.24) is 0 Å². The third kappa shape index (κ3) is 5.64. The first-order valence-electron chi connectivity index (χ1n) is 7.80. The topological polar surface area (TPSA) is 71.3 Å². The zero-order valence-corrected chi connectivity index (χ0v) is 16.3. The van der Waals surface area contributed by atoms with Crippen LogP contribution >= 0.6 is 22.6 Å². The molecule has 130 valence electrons. The van der Waals surface area contributed by atoms with Crippen LogP contribution in [0.15, 0.2) is 36.4 Å². The van der Waals surface area contributed by atoms with E-state index in [9.17, 15) is 4.79 Å². The van der Waals surface area contributed by atoms with Gasteiger partial charge < -0.3 is 14.8 Å². The number of aryl methyl sites for hydroxylation is 1. The summed E-state index contributed by atoms with van der Waals surface area (Å²) in [6, 6.07) is 12.9. The number of nitrogens with one attached hydrogen (secondary N) is 1. The van der Waals surface area contributed by atoms with E-state index < -0.39 is 0 Å². The van der Waals surface area contributed by atoms with Crippen molar-refractivity contribution in [3.8, 4) is 17.6 Å². The average Bonchev–Trinajstić information content (AvgIpc) is 2.61. The number of ether oxygens (including phenoxy) is 2. The highest BCUT2D eigenvalue weighted by Crippen LogP contribution is 2.28. The molecule has 0 unspecified atom stereocenters. The lowest BCUT2D eigenvalue weighted by Gasteiger charge is -2.11. The molecule has 0 spiro atoms. The minimum Gasteiger partial charge on any atom is -0.493 e. The van der Waals surface area contributed by atoms with Crippen molar-refractivity contribution in [2.45, 2.75) is 19.8 Å². The number of methoxy groups -OCH3 is 1. The van der Waals surface area contributed by atoms with Crippen molar-refractivity contribution in [3.63, 3.8) is 0 Å². The van der Waals surface area contributed by atoms with Crippen LogP contribution in [0, 0.1) is 21.8 Å². The molecular weight excluding hydrogens is 431 g/mol. The van der Waals surface area contributed by atoms with Crippen LogP contribution in [-0.4, -0.2) is 19.6 Å². The molecule has 2 aromatic carbocycles. The Labute approximate surface area is 161 Å². The van der Waals surface area contributed by atoms with Gasteiger partial charge in [-0.05, 0) is 71.8 Å². The van der Waals surface area contributed by atoms with Crippen LogP contribution in [0.2, 0.25) is 0 Å². The summed E-state index contributed by atoms with van der Waals surface area (Å²) < 4.78 is 12.0. The van der Waals surface area contributed by atoms with Gasteiger partial charge in [0, 0.05) is 21.7 Å². The Balaban J connectivity index is 1.81. The quantitative estimate of drug-likeness (QED) is 0.505. The Morgan fingerprint density at radius 1 is 1.24 bits per heavy atom. The normalized spacial score (nSPS) is 10.0. The van der Waals surface area contributed by atoms with Gasteiger partial charge in [-0.1, -0.05) is 0 Å². The number of anilines is 1. The van der Waals surface area contributed by atoms with Crippen molar-refractivity contribution in [1.29, 1.82) is 5.26 Å². The van der Waals surface area contributed by atoms with Crippen LogP contribution in [0.4, 0.5) is 5.69 Å². The molecule has 0 aliphatic carbocycles. The molecule has 5 nitrogen and oxygen atoms in total. The molecule has 0 aliphatic heterocycles. The molecule has 25 heavy (non-hydrogen) atoms. The number of benzene rings is 2. The summed E-state index contributed by atoms with van der Waals surface area (Å²) in [5.41, 5.74) is 2.38. The Morgan fingerprint density at radius 3 is 2.72 bits per heavy atom. The fraction of sp³-hybridized carbons (Fsp3) is 0.263. The van der Waals surface area contributed by atoms with Gasteiger partial charge in [0.1, 0.15) is 0 Å². The molecule has 2 rings (SSSR count). The Kier molecular flexibility index (Phi) is 7.07. The second-order valence-electron chi connectivity index (χ2n) is 5.44. The predicted molar refractivity (Wildman–Crippen MR) is 105 cm³/mol. The summed E-state index contributed by atoms with van der Waals surface area (Å²) in [7, 11) is 1.53. The number of carbonyl (C=O) groups excluding carboxylic acids is 1. The Hall–Kier alpha value is -2.27. The first-order valence-corrected chi connectivity index (χ1v) is 8.88. The van der Waals surface area contributed by atoms with E-state index in [-0.39, 0.29) is 5.91 Å². The summed E-state index contributed by atoms with van der Waals surface area (Å²) in [5.74, 6) is 1.04. The minimum atomic E-state index is -0.0419. The first kappa shape index (κ1) is 19.1. The van der Waals surface area contributed by atoms with E-state index in [0.717, 1.165) is 14.8 Å². The second-order valence-corrected chi connectivity index (χ2v) is 6.68. The van der Waals surface area contributed by atoms with Crippen molar-refractivity contribution in [2.75, 3.05) is 19.0 Å². The zero-order chi connectivity index (χ0) is 18.2. The van der Waals surface area contributed by atoms with Gasteiger partial charge in [0.15, 0.2) is 11.5 Å². The molecule has 0 fully saturated rings. The van der Waals surface area contributed by atoms with E-state index >= 15 is 0 Å². The number of carbonyl (C=O) groups is 1. The molecule has 0 radical (unpaired) electrons. The SMILES string of the molecule is COc1cc(C#N)ccc1OCCCC(=O)Nc1ccc(I)cc1C. The van der Waals surface area contributed by atoms with Crippen LogP contribution in [0.1, 0.15) is 24.0 Å². The third-order valence-electron chi connectivity index (χ3n) is 3.56. The lowest BCUT2D eigenvalue weighted by Crippen LogP contribution is -2.13. The molecule has 0 saturated heterocycles. The maximum atomic E-state index is 12.0. The van der Waals surface area contributed by atoms with Gasteiger partial charge in [-0.25, -0.2) is 0 Å². The van der Waals surface area contributed by atoms with Gasteiger partial charge in [-0.2, -0.15) is 5.26 Å². The average molecular weight is 450 g/mol. The molecule has 1 amide bonds. The maximum Gasteiger partial charge on any atom is 0.224 e. The smallest absolute Gasteiger partial charge is 0.224 e. The molecule has 1 N–H and O–H groups in total. The van der Waals surface area contributed by atoms with Crippen molar-refractivity contribution in [3.05, 3.63) is 51.1 Å². The molecule has 0 aliphatic rings. The van der Waals surface area contributed by atoms with Gasteiger partial charge in [-0.3, -0.25) is 4.79 Å². The van der Waals surface area contributed by atoms with E-state index in [0.29, 0.717) is 36.5 Å². The van der Waals surface area contributed by atoms with Crippen LogP contribution in [0.5, 0.6) is 11.5 Å². The number of hydrogen-bond donors (Lipinski definition) is 1. The van der Waals surface area contributed by atoms with Crippen LogP contribution in [0.25, 0.3) is 0 Å². The van der Waals surface area contributed by atoms with Crippen molar-refractivity contribution in [2.24, 2.45) is 0 Å². The molecule has 0 atom stereocenters. The number of hydrogen-bond acceptors (Lipinski definition) is 4. The van der Waals surface area contributed by atoms with Gasteiger partial charge in [0.05, 0.1) is 25.3 Å². The van der Waals surface area contributed by atoms with Crippen LogP contribution in [0.3, 0.4) is 0 Å². The maximum absolute atomic E-state index is 12.0. The predicted octanol–water partition coefficient (Wildman–Crippen LogP) is 4.28. The lowest BCUT2D eigenvalue weighted by molar-refractivity contribution is -0.116. The molecule has 6 heteroatoms. The number of amides is 1. The van der Waals surface area contributed by atoms with Gasteiger partial charge >= 0.3 is 0 Å². The van der Waals surface area contributed by atoms with E-state index in [2.05, 4.69) is 34.0 Å². The van der Waals surface area contributed by atoms with Crippen LogP contribution < -0.4 is 14.8 Å². The number of rotatable bonds is 7. The fourth-order valence-electron chi connectivity index (χ4n) is 2.25. The molecule has 0 heterocycles. The molecule has 0 saturated carbocycles. The molecule has 0 aromatic heterocycles. The minimum absolute atomic E-state index is 0.0419. The highest BCUT2D eigenvalue weighted by Gasteiger charge is 2.08. The monoisotopic (exact) mass is 450 g/mol. The highest BCUT2D eigenvalue weighted by atomic mass is 127. The van der Waals surface area contributed by atoms with E-state index in [1.807, 2.05) is 25.1 Å². The molecular formula is C19H19IN2O3. The largest absolute Gasteiger partial charge is 0.493 e. The zero-order valence-electron chi connectivity index (χ0n) is 14.1. The van der Waals surface area contributed by atoms with Crippen molar-refractivity contribution < 1.29 is 14.3 Å². The first-order chi connectivity index (χ1) is 12.0. The van der Waals surface area contributed by atoms with E-state index in [4.69, 9.17) is 14.7 Å². The number of nitrogens with zero attached hydrogens (tertiary/aromatic N) is 1. The summed E-state index contributed by atoms with van der Waals surface area (Å²) in [6.07, 6.45) is 0.947. The molecule has 0 bridgehead atoms. The summed E-state index contributed by atoms with van der Waals surface area (Å²) in [4.78, 5) is 12.0. The molecule has 2 aromatic rings. The lowest BCUT2D eigenvalue weighted by atomic mass is 10.2. The summed E-state index contributed by atoms with van der Waals surface area (Å²) in [5, 5.41) is 11.8. The highest BCUT2D eigenvalue weighted by molar-refractivity contribution is 14.1. The van der Waals surface area contributed by atoms with Crippen molar-refractivity contribution >= 4 is 34.2 Å². The van der Waals surface area contributed by atoms with Crippen LogP contribution in [-0.2, 0) is 4.79 Å².